The summed E-state index contributed by atoms with van der Waals surface area (Å²) in [4.78, 5) is 30.3. The van der Waals surface area contributed by atoms with E-state index >= 15 is 0 Å². The van der Waals surface area contributed by atoms with Crippen LogP contribution in [0.5, 0.6) is 5.75 Å². The largest absolute Gasteiger partial charge is 0.427 e. The Morgan fingerprint density at radius 1 is 1.11 bits per heavy atom. The van der Waals surface area contributed by atoms with E-state index in [1.165, 1.54) is 30.4 Å². The van der Waals surface area contributed by atoms with Crippen molar-refractivity contribution in [2.75, 3.05) is 5.32 Å². The predicted molar refractivity (Wildman–Crippen MR) is 144 cm³/mol. The number of anilines is 1. The van der Waals surface area contributed by atoms with Crippen molar-refractivity contribution in [2.24, 2.45) is 16.3 Å². The number of amides is 1. The fourth-order valence-electron chi connectivity index (χ4n) is 4.52. The third-order valence-electron chi connectivity index (χ3n) is 6.62. The number of benzene rings is 2. The van der Waals surface area contributed by atoms with Gasteiger partial charge in [0.15, 0.2) is 0 Å². The minimum atomic E-state index is -4.51. The average molecular weight is 543 g/mol. The number of carbonyl (C=O) groups is 2. The molecule has 0 bridgehead atoms. The monoisotopic (exact) mass is 542 g/mol. The molecule has 0 aliphatic heterocycles. The maximum Gasteiger partial charge on any atom is 0.416 e. The minimum absolute atomic E-state index is 0.0733. The molecule has 1 aliphatic rings. The van der Waals surface area contributed by atoms with Crippen molar-refractivity contribution in [2.45, 2.75) is 53.1 Å². The van der Waals surface area contributed by atoms with Gasteiger partial charge in [-0.1, -0.05) is 26.8 Å². The lowest BCUT2D eigenvalue weighted by Crippen LogP contribution is -2.27. The SMILES string of the molecule is CC(=O)Oc1ccc(C=Nc2sc3c(c2C(=O)Nc2cccc(C(F)(F)F)c2)CCC(C(C)(C)C)C3)cc1. The number of hydrogen-bond donors (Lipinski definition) is 1. The Kier molecular flexibility index (Phi) is 7.78. The van der Waals surface area contributed by atoms with Gasteiger partial charge in [-0.25, -0.2) is 4.99 Å². The number of nitrogens with one attached hydrogen (secondary N) is 1. The first-order valence-electron chi connectivity index (χ1n) is 12.3. The van der Waals surface area contributed by atoms with Crippen LogP contribution >= 0.6 is 11.3 Å². The Labute approximate surface area is 223 Å². The molecule has 3 aromatic rings. The van der Waals surface area contributed by atoms with Gasteiger partial charge in [0.1, 0.15) is 10.8 Å². The summed E-state index contributed by atoms with van der Waals surface area (Å²) in [6.07, 6.45) is -0.453. The fraction of sp³-hybridized carbons (Fsp3) is 0.345. The maximum absolute atomic E-state index is 13.5. The van der Waals surface area contributed by atoms with E-state index in [9.17, 15) is 22.8 Å². The molecule has 2 aromatic carbocycles. The number of halogens is 3. The molecule has 1 heterocycles. The van der Waals surface area contributed by atoms with Crippen LogP contribution in [0.15, 0.2) is 53.5 Å². The number of rotatable bonds is 5. The van der Waals surface area contributed by atoms with Crippen LogP contribution in [-0.4, -0.2) is 18.1 Å². The molecule has 0 saturated heterocycles. The van der Waals surface area contributed by atoms with Crippen LogP contribution in [0.4, 0.5) is 23.9 Å². The molecule has 4 rings (SSSR count). The molecule has 1 aromatic heterocycles. The second-order valence-electron chi connectivity index (χ2n) is 10.4. The number of fused-ring (bicyclic) bond motifs is 1. The Morgan fingerprint density at radius 3 is 2.45 bits per heavy atom. The summed E-state index contributed by atoms with van der Waals surface area (Å²) in [7, 11) is 0. The van der Waals surface area contributed by atoms with Crippen LogP contribution in [0.25, 0.3) is 0 Å². The topological polar surface area (TPSA) is 67.8 Å². The Morgan fingerprint density at radius 2 is 1.82 bits per heavy atom. The van der Waals surface area contributed by atoms with Crippen molar-refractivity contribution in [1.29, 1.82) is 0 Å². The second kappa shape index (κ2) is 10.7. The first-order chi connectivity index (χ1) is 17.8. The molecule has 9 heteroatoms. The molecular formula is C29H29F3N2O3S. The molecule has 38 heavy (non-hydrogen) atoms. The maximum atomic E-state index is 13.5. The van der Waals surface area contributed by atoms with Crippen LogP contribution < -0.4 is 10.1 Å². The van der Waals surface area contributed by atoms with E-state index in [2.05, 4.69) is 31.1 Å². The number of carbonyl (C=O) groups excluding carboxylic acids is 2. The zero-order valence-corrected chi connectivity index (χ0v) is 22.4. The lowest BCUT2D eigenvalue weighted by molar-refractivity contribution is -0.137. The van der Waals surface area contributed by atoms with Crippen LogP contribution in [0.3, 0.4) is 0 Å². The summed E-state index contributed by atoms with van der Waals surface area (Å²) in [5, 5.41) is 3.17. The van der Waals surface area contributed by atoms with Gasteiger partial charge in [0.05, 0.1) is 11.1 Å². The quantitative estimate of drug-likeness (QED) is 0.203. The molecule has 5 nitrogen and oxygen atoms in total. The van der Waals surface area contributed by atoms with Gasteiger partial charge in [-0.05, 0) is 84.2 Å². The summed E-state index contributed by atoms with van der Waals surface area (Å²) in [5.41, 5.74) is 1.41. The molecule has 0 fully saturated rings. The van der Waals surface area contributed by atoms with Gasteiger partial charge in [0.2, 0.25) is 0 Å². The standard InChI is InChI=1S/C29H29F3N2O3S/c1-17(35)37-22-11-8-18(9-12-22)16-33-27-25(23-13-10-19(28(2,3)4)15-24(23)38-27)26(36)34-21-7-5-6-20(14-21)29(30,31)32/h5-9,11-12,14,16,19H,10,13,15H2,1-4H3,(H,34,36). The highest BCUT2D eigenvalue weighted by atomic mass is 32.1. The minimum Gasteiger partial charge on any atom is -0.427 e. The summed E-state index contributed by atoms with van der Waals surface area (Å²) < 4.78 is 44.6. The number of hydrogen-bond acceptors (Lipinski definition) is 5. The van der Waals surface area contributed by atoms with E-state index in [4.69, 9.17) is 4.74 Å². The van der Waals surface area contributed by atoms with E-state index in [0.717, 1.165) is 41.0 Å². The lowest BCUT2D eigenvalue weighted by Gasteiger charge is -2.33. The van der Waals surface area contributed by atoms with Crippen molar-refractivity contribution < 1.29 is 27.5 Å². The van der Waals surface area contributed by atoms with E-state index < -0.39 is 23.6 Å². The van der Waals surface area contributed by atoms with Gasteiger partial charge in [-0.15, -0.1) is 11.3 Å². The Bertz CT molecular complexity index is 1370. The van der Waals surface area contributed by atoms with Gasteiger partial charge < -0.3 is 10.1 Å². The highest BCUT2D eigenvalue weighted by molar-refractivity contribution is 7.16. The molecule has 0 saturated carbocycles. The zero-order chi connectivity index (χ0) is 27.7. The van der Waals surface area contributed by atoms with Crippen molar-refractivity contribution in [1.82, 2.24) is 0 Å². The molecule has 0 spiro atoms. The highest BCUT2D eigenvalue weighted by Crippen LogP contribution is 2.45. The normalized spacial score (nSPS) is 15.8. The predicted octanol–water partition coefficient (Wildman–Crippen LogP) is 7.85. The van der Waals surface area contributed by atoms with Crippen LogP contribution in [0, 0.1) is 11.3 Å². The van der Waals surface area contributed by atoms with Gasteiger partial charge >= 0.3 is 12.1 Å². The number of aliphatic imine (C=N–C) groups is 1. The third kappa shape index (κ3) is 6.51. The fourth-order valence-corrected chi connectivity index (χ4v) is 5.79. The van der Waals surface area contributed by atoms with E-state index in [-0.39, 0.29) is 11.1 Å². The van der Waals surface area contributed by atoms with Crippen LogP contribution in [0.1, 0.15) is 66.0 Å². The van der Waals surface area contributed by atoms with Gasteiger partial charge in [0.25, 0.3) is 5.91 Å². The third-order valence-corrected chi connectivity index (χ3v) is 7.78. The number of nitrogens with zero attached hydrogens (tertiary/aromatic N) is 1. The Balaban J connectivity index is 1.67. The molecule has 200 valence electrons. The van der Waals surface area contributed by atoms with Crippen LogP contribution in [0.2, 0.25) is 0 Å². The van der Waals surface area contributed by atoms with E-state index in [1.54, 1.807) is 30.5 Å². The highest BCUT2D eigenvalue weighted by Gasteiger charge is 2.34. The number of ether oxygens (including phenoxy) is 1. The van der Waals surface area contributed by atoms with Gasteiger partial charge in [-0.2, -0.15) is 13.2 Å². The van der Waals surface area contributed by atoms with Crippen LogP contribution in [-0.2, 0) is 23.8 Å². The number of esters is 1. The van der Waals surface area contributed by atoms with Crippen molar-refractivity contribution in [3.05, 3.63) is 75.7 Å². The molecule has 1 N–H and O–H groups in total. The molecule has 0 radical (unpaired) electrons. The zero-order valence-electron chi connectivity index (χ0n) is 21.6. The Hall–Kier alpha value is -3.46. The summed E-state index contributed by atoms with van der Waals surface area (Å²) >= 11 is 1.45. The smallest absolute Gasteiger partial charge is 0.416 e. The average Bonchev–Trinajstić information content (AvgIpc) is 3.20. The molecule has 1 aliphatic carbocycles. The molecule has 1 amide bonds. The summed E-state index contributed by atoms with van der Waals surface area (Å²) in [6.45, 7) is 7.94. The van der Waals surface area contributed by atoms with E-state index in [1.807, 2.05) is 0 Å². The molecule has 1 atom stereocenters. The van der Waals surface area contributed by atoms with Gasteiger partial charge in [-0.3, -0.25) is 9.59 Å². The number of thiophene rings is 1. The summed E-state index contributed by atoms with van der Waals surface area (Å²) in [6, 6.07) is 11.4. The first kappa shape index (κ1) is 27.6. The van der Waals surface area contributed by atoms with E-state index in [0.29, 0.717) is 28.7 Å². The van der Waals surface area contributed by atoms with Crippen molar-refractivity contribution in [3.63, 3.8) is 0 Å². The van der Waals surface area contributed by atoms with Crippen molar-refractivity contribution >= 4 is 40.1 Å². The summed E-state index contributed by atoms with van der Waals surface area (Å²) in [5.74, 6) is -0.0387. The molecular weight excluding hydrogens is 513 g/mol. The van der Waals surface area contributed by atoms with Crippen molar-refractivity contribution in [3.8, 4) is 5.75 Å². The first-order valence-corrected chi connectivity index (χ1v) is 13.1. The number of alkyl halides is 3. The lowest BCUT2D eigenvalue weighted by atomic mass is 9.72. The molecule has 1 unspecified atom stereocenters. The van der Waals surface area contributed by atoms with Gasteiger partial charge in [0, 0.05) is 23.7 Å². The second-order valence-corrected chi connectivity index (χ2v) is 11.5.